The molecule has 1 saturated carbocycles. The molecule has 2 rings (SSSR count). The molecule has 1 aliphatic carbocycles. The van der Waals surface area contributed by atoms with Gasteiger partial charge in [0, 0.05) is 19.5 Å². The van der Waals surface area contributed by atoms with Gasteiger partial charge in [0.15, 0.2) is 0 Å². The fourth-order valence-electron chi connectivity index (χ4n) is 2.60. The van der Waals surface area contributed by atoms with E-state index in [1.54, 1.807) is 0 Å². The molecule has 0 bridgehead atoms. The summed E-state index contributed by atoms with van der Waals surface area (Å²) in [6, 6.07) is 0.597. The molecule has 17 heavy (non-hydrogen) atoms. The highest BCUT2D eigenvalue weighted by Gasteiger charge is 2.28. The number of hydrogen-bond donors (Lipinski definition) is 1. The highest BCUT2D eigenvalue weighted by atomic mass is 79.9. The highest BCUT2D eigenvalue weighted by molar-refractivity contribution is 9.10. The molecule has 1 heterocycles. The van der Waals surface area contributed by atoms with Crippen LogP contribution in [-0.4, -0.2) is 22.9 Å². The van der Waals surface area contributed by atoms with E-state index in [1.807, 2.05) is 11.7 Å². The Kier molecular flexibility index (Phi) is 4.26. The maximum atomic E-state index is 4.56. The molecular formula is C13H22BrN3. The van der Waals surface area contributed by atoms with E-state index in [-0.39, 0.29) is 0 Å². The highest BCUT2D eigenvalue weighted by Crippen LogP contribution is 2.32. The summed E-state index contributed by atoms with van der Waals surface area (Å²) < 4.78 is 3.24. The molecule has 1 fully saturated rings. The topological polar surface area (TPSA) is 29.9 Å². The summed E-state index contributed by atoms with van der Waals surface area (Å²) in [5.41, 5.74) is 2.50. The van der Waals surface area contributed by atoms with Gasteiger partial charge in [-0.3, -0.25) is 4.68 Å². The Morgan fingerprint density at radius 2 is 2.24 bits per heavy atom. The second-order valence-electron chi connectivity index (χ2n) is 4.97. The molecule has 1 unspecified atom stereocenters. The Balaban J connectivity index is 2.13. The minimum atomic E-state index is 0.597. The van der Waals surface area contributed by atoms with Crippen LogP contribution in [0.25, 0.3) is 0 Å². The van der Waals surface area contributed by atoms with Crippen LogP contribution in [0.5, 0.6) is 0 Å². The maximum absolute atomic E-state index is 4.56. The zero-order chi connectivity index (χ0) is 12.4. The number of halogens is 1. The van der Waals surface area contributed by atoms with Crippen LogP contribution in [0.15, 0.2) is 4.47 Å². The zero-order valence-corrected chi connectivity index (χ0v) is 12.5. The molecule has 1 aromatic rings. The van der Waals surface area contributed by atoms with Crippen LogP contribution in [0.4, 0.5) is 0 Å². The van der Waals surface area contributed by atoms with Crippen molar-refractivity contribution < 1.29 is 0 Å². The van der Waals surface area contributed by atoms with Crippen molar-refractivity contribution in [1.29, 1.82) is 0 Å². The predicted molar refractivity (Wildman–Crippen MR) is 74.2 cm³/mol. The molecule has 0 saturated heterocycles. The van der Waals surface area contributed by atoms with Crippen LogP contribution >= 0.6 is 15.9 Å². The van der Waals surface area contributed by atoms with Gasteiger partial charge in [0.2, 0.25) is 0 Å². The lowest BCUT2D eigenvalue weighted by Gasteiger charge is -2.33. The van der Waals surface area contributed by atoms with Crippen molar-refractivity contribution in [2.24, 2.45) is 13.0 Å². The first-order valence-electron chi connectivity index (χ1n) is 6.54. The summed E-state index contributed by atoms with van der Waals surface area (Å²) >= 11 is 3.70. The molecule has 1 N–H and O–H groups in total. The van der Waals surface area contributed by atoms with Crippen molar-refractivity contribution in [3.05, 3.63) is 15.9 Å². The molecule has 96 valence electrons. The lowest BCUT2D eigenvalue weighted by molar-refractivity contribution is 0.233. The third kappa shape index (κ3) is 2.58. The van der Waals surface area contributed by atoms with Crippen LogP contribution in [-0.2, 0) is 19.9 Å². The number of likely N-dealkylation sites (N-methyl/N-ethyl adjacent to an activating group) is 1. The van der Waals surface area contributed by atoms with Crippen molar-refractivity contribution in [3.8, 4) is 0 Å². The van der Waals surface area contributed by atoms with Crippen LogP contribution in [0.2, 0.25) is 0 Å². The summed E-state index contributed by atoms with van der Waals surface area (Å²) in [7, 11) is 4.13. The lowest BCUT2D eigenvalue weighted by Crippen LogP contribution is -2.39. The molecule has 0 amide bonds. The minimum Gasteiger partial charge on any atom is -0.316 e. The van der Waals surface area contributed by atoms with Gasteiger partial charge in [0.05, 0.1) is 15.9 Å². The summed E-state index contributed by atoms with van der Waals surface area (Å²) in [5.74, 6) is 0.854. The quantitative estimate of drug-likeness (QED) is 0.906. The monoisotopic (exact) mass is 299 g/mol. The zero-order valence-electron chi connectivity index (χ0n) is 11.0. The Labute approximate surface area is 112 Å². The summed E-state index contributed by atoms with van der Waals surface area (Å²) in [6.45, 7) is 2.15. The maximum Gasteiger partial charge on any atom is 0.0766 e. The van der Waals surface area contributed by atoms with E-state index >= 15 is 0 Å². The van der Waals surface area contributed by atoms with Gasteiger partial charge in [-0.1, -0.05) is 13.3 Å². The van der Waals surface area contributed by atoms with E-state index < -0.39 is 0 Å². The van der Waals surface area contributed by atoms with Crippen LogP contribution in [0.3, 0.4) is 0 Å². The van der Waals surface area contributed by atoms with Crippen molar-refractivity contribution in [2.75, 3.05) is 7.05 Å². The molecule has 3 nitrogen and oxygen atoms in total. The first-order valence-corrected chi connectivity index (χ1v) is 7.34. The van der Waals surface area contributed by atoms with E-state index in [1.165, 1.54) is 35.1 Å². The van der Waals surface area contributed by atoms with Crippen LogP contribution in [0.1, 0.15) is 37.6 Å². The van der Waals surface area contributed by atoms with Gasteiger partial charge in [-0.05, 0) is 48.2 Å². The lowest BCUT2D eigenvalue weighted by atomic mass is 9.78. The average molecular weight is 300 g/mol. The average Bonchev–Trinajstić information content (AvgIpc) is 2.52. The van der Waals surface area contributed by atoms with Gasteiger partial charge >= 0.3 is 0 Å². The predicted octanol–water partition coefficient (Wildman–Crippen LogP) is 2.68. The molecule has 4 heteroatoms. The molecule has 1 atom stereocenters. The molecule has 1 aliphatic rings. The standard InChI is InChI=1S/C13H22BrN3/c1-4-10-13(14)12(17(3)16-10)8-11(15-2)9-6-5-7-9/h9,11,15H,4-8H2,1-3H3. The van der Waals surface area contributed by atoms with E-state index in [0.29, 0.717) is 6.04 Å². The molecular weight excluding hydrogens is 278 g/mol. The van der Waals surface area contributed by atoms with Gasteiger partial charge in [-0.2, -0.15) is 5.10 Å². The Morgan fingerprint density at radius 1 is 1.53 bits per heavy atom. The third-order valence-corrected chi connectivity index (χ3v) is 4.92. The molecule has 0 radical (unpaired) electrons. The van der Waals surface area contributed by atoms with Crippen molar-refractivity contribution >= 4 is 15.9 Å². The number of aryl methyl sites for hydroxylation is 2. The Hall–Kier alpha value is -0.350. The van der Waals surface area contributed by atoms with E-state index in [4.69, 9.17) is 0 Å². The fraction of sp³-hybridized carbons (Fsp3) is 0.769. The van der Waals surface area contributed by atoms with Gasteiger partial charge in [-0.25, -0.2) is 0 Å². The summed E-state index contributed by atoms with van der Waals surface area (Å²) in [6.07, 6.45) is 6.21. The number of rotatable bonds is 5. The fourth-order valence-corrected chi connectivity index (χ4v) is 3.37. The Morgan fingerprint density at radius 3 is 2.65 bits per heavy atom. The van der Waals surface area contributed by atoms with Gasteiger partial charge < -0.3 is 5.32 Å². The summed E-state index contributed by atoms with van der Waals surface area (Å²) in [4.78, 5) is 0. The van der Waals surface area contributed by atoms with Gasteiger partial charge in [0.25, 0.3) is 0 Å². The summed E-state index contributed by atoms with van der Waals surface area (Å²) in [5, 5.41) is 8.03. The van der Waals surface area contributed by atoms with Crippen molar-refractivity contribution in [2.45, 2.75) is 45.1 Å². The third-order valence-electron chi connectivity index (χ3n) is 4.01. The first kappa shape index (κ1) is 13.1. The second-order valence-corrected chi connectivity index (χ2v) is 5.77. The smallest absolute Gasteiger partial charge is 0.0766 e. The molecule has 0 aliphatic heterocycles. The largest absolute Gasteiger partial charge is 0.316 e. The van der Waals surface area contributed by atoms with Crippen molar-refractivity contribution in [1.82, 2.24) is 15.1 Å². The minimum absolute atomic E-state index is 0.597. The van der Waals surface area contributed by atoms with Gasteiger partial charge in [-0.15, -0.1) is 0 Å². The van der Waals surface area contributed by atoms with Crippen LogP contribution < -0.4 is 5.32 Å². The number of nitrogens with one attached hydrogen (secondary N) is 1. The van der Waals surface area contributed by atoms with Gasteiger partial charge in [0.1, 0.15) is 0 Å². The first-order chi connectivity index (χ1) is 8.17. The molecule has 0 aromatic carbocycles. The van der Waals surface area contributed by atoms with E-state index in [2.05, 4.69) is 40.3 Å². The number of aromatic nitrogens is 2. The second kappa shape index (κ2) is 5.53. The Bertz CT molecular complexity index is 382. The van der Waals surface area contributed by atoms with E-state index in [0.717, 1.165) is 18.8 Å². The normalized spacial score (nSPS) is 18.1. The van der Waals surface area contributed by atoms with Crippen molar-refractivity contribution in [3.63, 3.8) is 0 Å². The molecule has 1 aromatic heterocycles. The van der Waals surface area contributed by atoms with E-state index in [9.17, 15) is 0 Å². The molecule has 0 spiro atoms. The van der Waals surface area contributed by atoms with Crippen LogP contribution in [0, 0.1) is 5.92 Å². The number of hydrogen-bond acceptors (Lipinski definition) is 2. The SMILES string of the molecule is CCc1nn(C)c(CC(NC)C2CCC2)c1Br. The number of nitrogens with zero attached hydrogens (tertiary/aromatic N) is 2.